The maximum Gasteiger partial charge on any atom is 0.334 e. The molecule has 9 heteroatoms. The molecule has 0 aromatic carbocycles. The molecule has 3 saturated carbocycles. The predicted molar refractivity (Wildman–Crippen MR) is 137 cm³/mol. The van der Waals surface area contributed by atoms with Crippen LogP contribution in [0, 0.1) is 22.7 Å². The van der Waals surface area contributed by atoms with E-state index in [1.54, 1.807) is 19.9 Å². The van der Waals surface area contributed by atoms with Gasteiger partial charge in [-0.1, -0.05) is 11.6 Å². The standard InChI is InChI=1S/C30H40O9/c1-16-13-22(38-24(33)17(16)2)26(5,34)30(36)12-11-28(35)20-14-23-29(39-23)9-6-7-21(32)25(29,4)19(20)8-10-27(28,30)15-37-18(3)31/h6-7,19-20,22-23,34-36H,8-15H2,1-5H3/t19-,20+,22+,23-,25-,26-,27+,28+,29-,30+/m0/s1. The molecule has 0 amide bonds. The summed E-state index contributed by atoms with van der Waals surface area (Å²) in [7, 11) is 0. The number of ether oxygens (including phenoxy) is 3. The lowest BCUT2D eigenvalue weighted by Gasteiger charge is -2.64. The molecular weight excluding hydrogens is 504 g/mol. The van der Waals surface area contributed by atoms with Crippen LogP contribution in [0.4, 0.5) is 0 Å². The summed E-state index contributed by atoms with van der Waals surface area (Å²) >= 11 is 0. The van der Waals surface area contributed by atoms with E-state index < -0.39 is 57.2 Å². The first-order valence-electron chi connectivity index (χ1n) is 14.2. The van der Waals surface area contributed by atoms with Crippen molar-refractivity contribution in [2.24, 2.45) is 22.7 Å². The zero-order valence-corrected chi connectivity index (χ0v) is 23.4. The Labute approximate surface area is 228 Å². The van der Waals surface area contributed by atoms with E-state index in [1.165, 1.54) is 13.8 Å². The van der Waals surface area contributed by atoms with Crippen LogP contribution in [0.5, 0.6) is 0 Å². The van der Waals surface area contributed by atoms with Crippen LogP contribution >= 0.6 is 0 Å². The van der Waals surface area contributed by atoms with Crippen molar-refractivity contribution in [3.8, 4) is 0 Å². The van der Waals surface area contributed by atoms with Gasteiger partial charge in [0.15, 0.2) is 5.78 Å². The Bertz CT molecular complexity index is 1220. The molecule has 10 atom stereocenters. The molecule has 1 saturated heterocycles. The Morgan fingerprint density at radius 1 is 1.18 bits per heavy atom. The van der Waals surface area contributed by atoms with Gasteiger partial charge in [-0.3, -0.25) is 9.59 Å². The summed E-state index contributed by atoms with van der Waals surface area (Å²) in [6.45, 7) is 7.85. The summed E-state index contributed by atoms with van der Waals surface area (Å²) in [5.41, 5.74) is -7.09. The van der Waals surface area contributed by atoms with Crippen LogP contribution in [-0.2, 0) is 28.6 Å². The van der Waals surface area contributed by atoms with Gasteiger partial charge in [-0.2, -0.15) is 0 Å². The number of rotatable bonds is 4. The number of ketones is 1. The molecule has 2 heterocycles. The van der Waals surface area contributed by atoms with Gasteiger partial charge in [0.1, 0.15) is 29.5 Å². The molecule has 3 N–H and O–H groups in total. The lowest BCUT2D eigenvalue weighted by atomic mass is 9.42. The van der Waals surface area contributed by atoms with Gasteiger partial charge in [0.05, 0.1) is 22.5 Å². The van der Waals surface area contributed by atoms with Crippen LogP contribution in [0.3, 0.4) is 0 Å². The van der Waals surface area contributed by atoms with Crippen molar-refractivity contribution in [2.45, 2.75) is 114 Å². The minimum absolute atomic E-state index is 0.00552. The van der Waals surface area contributed by atoms with E-state index in [0.29, 0.717) is 24.8 Å². The normalized spacial score (nSPS) is 49.7. The van der Waals surface area contributed by atoms with E-state index in [9.17, 15) is 29.7 Å². The van der Waals surface area contributed by atoms with Gasteiger partial charge in [0.2, 0.25) is 0 Å². The van der Waals surface area contributed by atoms with Gasteiger partial charge in [0, 0.05) is 18.9 Å². The Morgan fingerprint density at radius 3 is 2.56 bits per heavy atom. The summed E-state index contributed by atoms with van der Waals surface area (Å²) in [6, 6.07) is 0. The number of esters is 2. The van der Waals surface area contributed by atoms with Crippen molar-refractivity contribution in [1.29, 1.82) is 0 Å². The van der Waals surface area contributed by atoms with E-state index in [1.807, 2.05) is 13.0 Å². The maximum absolute atomic E-state index is 13.4. The van der Waals surface area contributed by atoms with Gasteiger partial charge >= 0.3 is 11.9 Å². The van der Waals surface area contributed by atoms with Gasteiger partial charge in [-0.05, 0) is 84.1 Å². The number of hydrogen-bond donors (Lipinski definition) is 3. The van der Waals surface area contributed by atoms with Crippen molar-refractivity contribution in [3.63, 3.8) is 0 Å². The summed E-state index contributed by atoms with van der Waals surface area (Å²) < 4.78 is 17.5. The highest BCUT2D eigenvalue weighted by Crippen LogP contribution is 2.75. The fourth-order valence-electron chi connectivity index (χ4n) is 9.64. The van der Waals surface area contributed by atoms with E-state index >= 15 is 0 Å². The van der Waals surface area contributed by atoms with E-state index in [4.69, 9.17) is 14.2 Å². The SMILES string of the molecule is CC(=O)OC[C@]12CC[C@H]3[C@@H](C[C@@H]4O[C@@]45CC=CC(=O)[C@]35C)[C@]1(O)CC[C@@]2(O)[C@@](C)(O)[C@H]1CC(C)=C(C)C(=O)O1. The van der Waals surface area contributed by atoms with Crippen LogP contribution in [0.1, 0.15) is 79.6 Å². The predicted octanol–water partition coefficient (Wildman–Crippen LogP) is 2.30. The summed E-state index contributed by atoms with van der Waals surface area (Å²) in [4.78, 5) is 38.1. The van der Waals surface area contributed by atoms with Crippen molar-refractivity contribution < 1.29 is 43.9 Å². The second-order valence-corrected chi connectivity index (χ2v) is 13.5. The Kier molecular flexibility index (Phi) is 5.58. The quantitative estimate of drug-likeness (QED) is 0.359. The minimum atomic E-state index is -1.97. The minimum Gasteiger partial charge on any atom is -0.465 e. The molecule has 0 aromatic heterocycles. The van der Waals surface area contributed by atoms with Crippen LogP contribution < -0.4 is 0 Å². The number of epoxide rings is 1. The smallest absolute Gasteiger partial charge is 0.334 e. The first-order valence-corrected chi connectivity index (χ1v) is 14.2. The van der Waals surface area contributed by atoms with Crippen molar-refractivity contribution in [2.75, 3.05) is 6.61 Å². The average molecular weight is 545 g/mol. The Morgan fingerprint density at radius 2 is 1.90 bits per heavy atom. The number of carbonyl (C=O) groups is 3. The fraction of sp³-hybridized carbons (Fsp3) is 0.767. The summed E-state index contributed by atoms with van der Waals surface area (Å²) in [5.74, 6) is -1.75. The lowest BCUT2D eigenvalue weighted by molar-refractivity contribution is -0.297. The maximum atomic E-state index is 13.4. The first-order chi connectivity index (χ1) is 18.1. The molecule has 4 fully saturated rings. The molecule has 6 aliphatic rings. The highest BCUT2D eigenvalue weighted by Gasteiger charge is 2.83. The molecule has 214 valence electrons. The number of carbonyl (C=O) groups excluding carboxylic acids is 3. The third-order valence-corrected chi connectivity index (χ3v) is 12.2. The second kappa shape index (κ2) is 8.02. The van der Waals surface area contributed by atoms with Gasteiger partial charge < -0.3 is 29.5 Å². The second-order valence-electron chi connectivity index (χ2n) is 13.5. The topological polar surface area (TPSA) is 143 Å². The third kappa shape index (κ3) is 3.03. The van der Waals surface area contributed by atoms with E-state index in [-0.39, 0.29) is 50.1 Å². The highest BCUT2D eigenvalue weighted by molar-refractivity contribution is 5.97. The van der Waals surface area contributed by atoms with Crippen molar-refractivity contribution in [1.82, 2.24) is 0 Å². The Balaban J connectivity index is 1.44. The molecule has 0 aromatic rings. The van der Waals surface area contributed by atoms with Crippen LogP contribution in [0.2, 0.25) is 0 Å². The van der Waals surface area contributed by atoms with Crippen molar-refractivity contribution >= 4 is 17.7 Å². The molecule has 2 aliphatic heterocycles. The molecule has 9 nitrogen and oxygen atoms in total. The first kappa shape index (κ1) is 27.1. The molecule has 1 spiro atoms. The number of cyclic esters (lactones) is 1. The highest BCUT2D eigenvalue weighted by atomic mass is 16.6. The van der Waals surface area contributed by atoms with Crippen LogP contribution in [-0.4, -0.2) is 74.3 Å². The molecule has 0 bridgehead atoms. The molecule has 0 radical (unpaired) electrons. The molecule has 0 unspecified atom stereocenters. The number of hydrogen-bond acceptors (Lipinski definition) is 9. The van der Waals surface area contributed by atoms with Gasteiger partial charge in [0.25, 0.3) is 0 Å². The Hall–Kier alpha value is -2.07. The fourth-order valence-corrected chi connectivity index (χ4v) is 9.64. The molecule has 4 aliphatic carbocycles. The lowest BCUT2D eigenvalue weighted by Crippen LogP contribution is -2.75. The van der Waals surface area contributed by atoms with Gasteiger partial charge in [-0.25, -0.2) is 4.79 Å². The van der Waals surface area contributed by atoms with E-state index in [2.05, 4.69) is 0 Å². The van der Waals surface area contributed by atoms with Crippen LogP contribution in [0.15, 0.2) is 23.3 Å². The third-order valence-electron chi connectivity index (χ3n) is 12.2. The average Bonchev–Trinajstić information content (AvgIpc) is 3.52. The molecule has 6 rings (SSSR count). The monoisotopic (exact) mass is 544 g/mol. The van der Waals surface area contributed by atoms with Crippen molar-refractivity contribution in [3.05, 3.63) is 23.3 Å². The van der Waals surface area contributed by atoms with Gasteiger partial charge in [-0.15, -0.1) is 0 Å². The molecule has 39 heavy (non-hydrogen) atoms. The molecular formula is C30H40O9. The van der Waals surface area contributed by atoms with Crippen LogP contribution in [0.25, 0.3) is 0 Å². The zero-order valence-electron chi connectivity index (χ0n) is 23.4. The zero-order chi connectivity index (χ0) is 28.4. The number of allylic oxidation sites excluding steroid dienone is 1. The summed E-state index contributed by atoms with van der Waals surface area (Å²) in [5, 5.41) is 37.6. The van der Waals surface area contributed by atoms with E-state index in [0.717, 1.165) is 5.57 Å². The number of aliphatic hydroxyl groups is 3. The largest absolute Gasteiger partial charge is 0.465 e. The summed E-state index contributed by atoms with van der Waals surface area (Å²) in [6.07, 6.45) is 4.49. The number of fused-ring (bicyclic) bond motifs is 4.